The predicted molar refractivity (Wildman–Crippen MR) is 121 cm³/mol. The quantitative estimate of drug-likeness (QED) is 0.629. The number of hydrogen-bond acceptors (Lipinski definition) is 3. The first kappa shape index (κ1) is 23.7. The van der Waals surface area contributed by atoms with Gasteiger partial charge in [0, 0.05) is 17.6 Å². The number of amides is 2. The average molecular weight is 431 g/mol. The van der Waals surface area contributed by atoms with Crippen molar-refractivity contribution in [2.75, 3.05) is 6.61 Å². The predicted octanol–water partition coefficient (Wildman–Crippen LogP) is 4.67. The van der Waals surface area contributed by atoms with Crippen LogP contribution in [-0.4, -0.2) is 35.4 Å². The van der Waals surface area contributed by atoms with Gasteiger partial charge in [-0.1, -0.05) is 36.7 Å². The molecule has 0 saturated heterocycles. The van der Waals surface area contributed by atoms with Gasteiger partial charge >= 0.3 is 0 Å². The lowest BCUT2D eigenvalue weighted by atomic mass is 10.1. The van der Waals surface area contributed by atoms with E-state index in [4.69, 9.17) is 16.3 Å². The van der Waals surface area contributed by atoms with Crippen LogP contribution in [0.25, 0.3) is 0 Å². The minimum absolute atomic E-state index is 0.0407. The lowest BCUT2D eigenvalue weighted by Gasteiger charge is -2.29. The van der Waals surface area contributed by atoms with E-state index in [1.54, 1.807) is 24.0 Å². The summed E-state index contributed by atoms with van der Waals surface area (Å²) in [6.07, 6.45) is 0.819. The maximum Gasteiger partial charge on any atom is 0.261 e. The summed E-state index contributed by atoms with van der Waals surface area (Å²) in [5.74, 6) is 0.206. The molecule has 5 nitrogen and oxygen atoms in total. The van der Waals surface area contributed by atoms with Crippen LogP contribution in [-0.2, 0) is 16.1 Å². The molecule has 0 heterocycles. The summed E-state index contributed by atoms with van der Waals surface area (Å²) in [6, 6.07) is 12.5. The lowest BCUT2D eigenvalue weighted by molar-refractivity contribution is -0.142. The molecule has 2 amide bonds. The molecule has 0 radical (unpaired) electrons. The van der Waals surface area contributed by atoms with Crippen molar-refractivity contribution < 1.29 is 14.3 Å². The van der Waals surface area contributed by atoms with Crippen LogP contribution in [0.5, 0.6) is 5.75 Å². The first-order valence-electron chi connectivity index (χ1n) is 10.2. The van der Waals surface area contributed by atoms with E-state index in [9.17, 15) is 9.59 Å². The van der Waals surface area contributed by atoms with E-state index in [2.05, 4.69) is 5.32 Å². The molecule has 2 aromatic rings. The highest BCUT2D eigenvalue weighted by molar-refractivity contribution is 6.30. The fourth-order valence-electron chi connectivity index (χ4n) is 3.08. The Morgan fingerprint density at radius 2 is 1.67 bits per heavy atom. The van der Waals surface area contributed by atoms with Crippen molar-refractivity contribution in [2.45, 2.75) is 59.7 Å². The van der Waals surface area contributed by atoms with E-state index in [0.717, 1.165) is 23.1 Å². The number of nitrogens with zero attached hydrogens (tertiary/aromatic N) is 1. The summed E-state index contributed by atoms with van der Waals surface area (Å²) in [6.45, 7) is 9.80. The molecule has 0 unspecified atom stereocenters. The summed E-state index contributed by atoms with van der Waals surface area (Å²) in [7, 11) is 0. The van der Waals surface area contributed by atoms with Crippen molar-refractivity contribution in [3.8, 4) is 5.75 Å². The average Bonchev–Trinajstić information content (AvgIpc) is 2.70. The Labute approximate surface area is 184 Å². The summed E-state index contributed by atoms with van der Waals surface area (Å²) in [4.78, 5) is 27.3. The number of carbonyl (C=O) groups excluding carboxylic acids is 2. The Kier molecular flexibility index (Phi) is 8.72. The fraction of sp³-hybridized carbons (Fsp3) is 0.417. The van der Waals surface area contributed by atoms with Gasteiger partial charge in [-0.15, -0.1) is 0 Å². The van der Waals surface area contributed by atoms with E-state index in [-0.39, 0.29) is 24.5 Å². The van der Waals surface area contributed by atoms with E-state index < -0.39 is 6.04 Å². The zero-order valence-corrected chi connectivity index (χ0v) is 19.1. The summed E-state index contributed by atoms with van der Waals surface area (Å²) < 4.78 is 5.76. The molecular formula is C24H31ClN2O3. The third kappa shape index (κ3) is 7.06. The maximum absolute atomic E-state index is 13.1. The SMILES string of the molecule is CC[C@@H](C)NC(=O)[C@@H](C)N(Cc1ccc(Cl)cc1)C(=O)COc1cc(C)cc(C)c1. The molecular weight excluding hydrogens is 400 g/mol. The van der Waals surface area contributed by atoms with Crippen LogP contribution in [0.2, 0.25) is 5.02 Å². The molecule has 1 N–H and O–H groups in total. The molecule has 30 heavy (non-hydrogen) atoms. The topological polar surface area (TPSA) is 58.6 Å². The molecule has 6 heteroatoms. The minimum Gasteiger partial charge on any atom is -0.484 e. The number of nitrogens with one attached hydrogen (secondary N) is 1. The summed E-state index contributed by atoms with van der Waals surface area (Å²) in [5, 5.41) is 3.58. The number of carbonyl (C=O) groups is 2. The Morgan fingerprint density at radius 1 is 1.07 bits per heavy atom. The van der Waals surface area contributed by atoms with Crippen LogP contribution < -0.4 is 10.1 Å². The number of hydrogen-bond donors (Lipinski definition) is 1. The second-order valence-corrected chi connectivity index (χ2v) is 8.19. The molecule has 162 valence electrons. The molecule has 0 aliphatic carbocycles. The Balaban J connectivity index is 2.16. The van der Waals surface area contributed by atoms with E-state index in [1.165, 1.54) is 0 Å². The number of aryl methyl sites for hydroxylation is 2. The number of halogens is 1. The maximum atomic E-state index is 13.1. The molecule has 0 fully saturated rings. The highest BCUT2D eigenvalue weighted by Gasteiger charge is 2.27. The van der Waals surface area contributed by atoms with Crippen LogP contribution in [0.15, 0.2) is 42.5 Å². The zero-order valence-electron chi connectivity index (χ0n) is 18.4. The van der Waals surface area contributed by atoms with Gasteiger partial charge in [0.15, 0.2) is 6.61 Å². The fourth-order valence-corrected chi connectivity index (χ4v) is 3.20. The standard InChI is InChI=1S/C24H31ClN2O3/c1-6-18(4)26-24(29)19(5)27(14-20-7-9-21(25)10-8-20)23(28)15-30-22-12-16(2)11-17(3)13-22/h7-13,18-19H,6,14-15H2,1-5H3,(H,26,29)/t18-,19-/m1/s1. The van der Waals surface area contributed by atoms with Crippen molar-refractivity contribution in [3.05, 3.63) is 64.2 Å². The van der Waals surface area contributed by atoms with Crippen molar-refractivity contribution in [2.24, 2.45) is 0 Å². The molecule has 2 rings (SSSR count). The highest BCUT2D eigenvalue weighted by Crippen LogP contribution is 2.18. The Morgan fingerprint density at radius 3 is 2.23 bits per heavy atom. The van der Waals surface area contributed by atoms with Crippen molar-refractivity contribution in [1.29, 1.82) is 0 Å². The van der Waals surface area contributed by atoms with Crippen LogP contribution in [0, 0.1) is 13.8 Å². The second kappa shape index (κ2) is 11.0. The van der Waals surface area contributed by atoms with Crippen LogP contribution in [0.4, 0.5) is 0 Å². The third-order valence-electron chi connectivity index (χ3n) is 4.99. The van der Waals surface area contributed by atoms with Crippen molar-refractivity contribution in [3.63, 3.8) is 0 Å². The van der Waals surface area contributed by atoms with Gasteiger partial charge in [0.2, 0.25) is 5.91 Å². The normalized spacial score (nSPS) is 12.7. The van der Waals surface area contributed by atoms with Gasteiger partial charge in [-0.3, -0.25) is 9.59 Å². The van der Waals surface area contributed by atoms with Crippen molar-refractivity contribution >= 4 is 23.4 Å². The molecule has 2 atom stereocenters. The summed E-state index contributed by atoms with van der Waals surface area (Å²) in [5.41, 5.74) is 3.02. The third-order valence-corrected chi connectivity index (χ3v) is 5.24. The monoisotopic (exact) mass is 430 g/mol. The molecule has 0 aliphatic heterocycles. The number of rotatable bonds is 9. The van der Waals surface area contributed by atoms with Gasteiger partial charge < -0.3 is 15.0 Å². The van der Waals surface area contributed by atoms with Crippen LogP contribution in [0.3, 0.4) is 0 Å². The Hall–Kier alpha value is -2.53. The molecule has 0 saturated carbocycles. The van der Waals surface area contributed by atoms with E-state index in [1.807, 2.05) is 58.0 Å². The number of benzene rings is 2. The van der Waals surface area contributed by atoms with Gasteiger partial charge in [0.25, 0.3) is 5.91 Å². The van der Waals surface area contributed by atoms with Crippen LogP contribution >= 0.6 is 11.6 Å². The second-order valence-electron chi connectivity index (χ2n) is 7.75. The van der Waals surface area contributed by atoms with Crippen LogP contribution in [0.1, 0.15) is 43.9 Å². The molecule has 0 spiro atoms. The van der Waals surface area contributed by atoms with Crippen molar-refractivity contribution in [1.82, 2.24) is 10.2 Å². The van der Waals surface area contributed by atoms with Gasteiger partial charge in [-0.25, -0.2) is 0 Å². The van der Waals surface area contributed by atoms with Gasteiger partial charge in [0.05, 0.1) is 0 Å². The smallest absolute Gasteiger partial charge is 0.261 e. The minimum atomic E-state index is -0.634. The largest absolute Gasteiger partial charge is 0.484 e. The highest BCUT2D eigenvalue weighted by atomic mass is 35.5. The first-order chi connectivity index (χ1) is 14.2. The number of ether oxygens (including phenoxy) is 1. The lowest BCUT2D eigenvalue weighted by Crippen LogP contribution is -2.50. The molecule has 0 bridgehead atoms. The van der Waals surface area contributed by atoms with Gasteiger partial charge in [-0.2, -0.15) is 0 Å². The molecule has 0 aromatic heterocycles. The zero-order chi connectivity index (χ0) is 22.3. The van der Waals surface area contributed by atoms with E-state index >= 15 is 0 Å². The van der Waals surface area contributed by atoms with E-state index in [0.29, 0.717) is 17.3 Å². The first-order valence-corrected chi connectivity index (χ1v) is 10.6. The molecule has 2 aromatic carbocycles. The summed E-state index contributed by atoms with van der Waals surface area (Å²) >= 11 is 5.98. The molecule has 0 aliphatic rings. The van der Waals surface area contributed by atoms with Gasteiger partial charge in [-0.05, 0) is 75.1 Å². The van der Waals surface area contributed by atoms with Gasteiger partial charge in [0.1, 0.15) is 11.8 Å². The Bertz CT molecular complexity index is 847.